The van der Waals surface area contributed by atoms with E-state index in [0.29, 0.717) is 21.7 Å². The maximum Gasteiger partial charge on any atom is 0.164 e. The van der Waals surface area contributed by atoms with Gasteiger partial charge >= 0.3 is 0 Å². The average Bonchev–Trinajstić information content (AvgIpc) is 2.83. The number of rotatable bonds is 3. The number of halogens is 3. The molecule has 0 fully saturated rings. The van der Waals surface area contributed by atoms with Crippen molar-refractivity contribution in [2.75, 3.05) is 7.11 Å². The standard InChI is InChI=1S/C14H10ClF2N3O/c1-21-7-9-5-11(15)10-6-18-20(14(10)19-9)13-3-2-8(16)4-12(13)17/h2-6H,7H2,1H3. The van der Waals surface area contributed by atoms with Gasteiger partial charge in [0.15, 0.2) is 11.5 Å². The van der Waals surface area contributed by atoms with Crippen LogP contribution in [0.4, 0.5) is 8.78 Å². The first-order valence-electron chi connectivity index (χ1n) is 6.07. The van der Waals surface area contributed by atoms with Crippen LogP contribution < -0.4 is 0 Å². The van der Waals surface area contributed by atoms with E-state index in [1.54, 1.807) is 6.07 Å². The van der Waals surface area contributed by atoms with Crippen molar-refractivity contribution in [3.8, 4) is 5.69 Å². The molecule has 0 N–H and O–H groups in total. The van der Waals surface area contributed by atoms with E-state index in [1.807, 2.05) is 0 Å². The van der Waals surface area contributed by atoms with Crippen LogP contribution in [-0.4, -0.2) is 21.9 Å². The summed E-state index contributed by atoms with van der Waals surface area (Å²) >= 11 is 6.16. The zero-order valence-corrected chi connectivity index (χ0v) is 11.7. The summed E-state index contributed by atoms with van der Waals surface area (Å²) < 4.78 is 33.2. The molecule has 0 spiro atoms. The number of hydrogen-bond acceptors (Lipinski definition) is 3. The third-order valence-electron chi connectivity index (χ3n) is 2.97. The largest absolute Gasteiger partial charge is 0.378 e. The third-order valence-corrected chi connectivity index (χ3v) is 3.29. The van der Waals surface area contributed by atoms with Gasteiger partial charge < -0.3 is 4.74 Å². The summed E-state index contributed by atoms with van der Waals surface area (Å²) in [6, 6.07) is 4.92. The van der Waals surface area contributed by atoms with Crippen molar-refractivity contribution in [2.45, 2.75) is 6.61 Å². The van der Waals surface area contributed by atoms with Gasteiger partial charge in [0.1, 0.15) is 11.5 Å². The lowest BCUT2D eigenvalue weighted by atomic mass is 10.2. The molecule has 0 radical (unpaired) electrons. The highest BCUT2D eigenvalue weighted by molar-refractivity contribution is 6.35. The number of pyridine rings is 1. The molecule has 0 amide bonds. The molecule has 4 nitrogen and oxygen atoms in total. The number of ether oxygens (including phenoxy) is 1. The maximum atomic E-state index is 13.9. The second kappa shape index (κ2) is 5.38. The van der Waals surface area contributed by atoms with Crippen molar-refractivity contribution in [1.29, 1.82) is 0 Å². The molecule has 0 atom stereocenters. The molecule has 0 aliphatic carbocycles. The number of methoxy groups -OCH3 is 1. The van der Waals surface area contributed by atoms with E-state index in [0.717, 1.165) is 12.1 Å². The van der Waals surface area contributed by atoms with E-state index in [1.165, 1.54) is 24.1 Å². The van der Waals surface area contributed by atoms with E-state index in [2.05, 4.69) is 10.1 Å². The number of fused-ring (bicyclic) bond motifs is 1. The van der Waals surface area contributed by atoms with Crippen molar-refractivity contribution >= 4 is 22.6 Å². The van der Waals surface area contributed by atoms with Gasteiger partial charge in [0.05, 0.1) is 28.9 Å². The molecule has 0 bridgehead atoms. The van der Waals surface area contributed by atoms with Crippen LogP contribution in [0.25, 0.3) is 16.7 Å². The molecule has 0 saturated carbocycles. The summed E-state index contributed by atoms with van der Waals surface area (Å²) in [7, 11) is 1.54. The SMILES string of the molecule is COCc1cc(Cl)c2cnn(-c3ccc(F)cc3F)c2n1. The minimum Gasteiger partial charge on any atom is -0.378 e. The number of nitrogens with zero attached hydrogens (tertiary/aromatic N) is 3. The molecule has 3 aromatic rings. The van der Waals surface area contributed by atoms with Crippen LogP contribution in [0, 0.1) is 11.6 Å². The molecule has 21 heavy (non-hydrogen) atoms. The van der Waals surface area contributed by atoms with E-state index < -0.39 is 11.6 Å². The molecule has 108 valence electrons. The predicted octanol–water partition coefficient (Wildman–Crippen LogP) is 3.50. The molecule has 2 aromatic heterocycles. The van der Waals surface area contributed by atoms with Crippen molar-refractivity contribution in [1.82, 2.24) is 14.8 Å². The fourth-order valence-corrected chi connectivity index (χ4v) is 2.32. The average molecular weight is 310 g/mol. The lowest BCUT2D eigenvalue weighted by molar-refractivity contribution is 0.182. The number of hydrogen-bond donors (Lipinski definition) is 0. The third kappa shape index (κ3) is 2.48. The first kappa shape index (κ1) is 13.9. The first-order chi connectivity index (χ1) is 10.1. The Bertz CT molecular complexity index is 819. The van der Waals surface area contributed by atoms with Gasteiger partial charge in [-0.25, -0.2) is 18.4 Å². The lowest BCUT2D eigenvalue weighted by Gasteiger charge is -2.06. The molecule has 0 saturated heterocycles. The fourth-order valence-electron chi connectivity index (χ4n) is 2.06. The highest BCUT2D eigenvalue weighted by Crippen LogP contribution is 2.26. The van der Waals surface area contributed by atoms with Gasteiger partial charge in [-0.2, -0.15) is 5.10 Å². The maximum absolute atomic E-state index is 13.9. The zero-order valence-electron chi connectivity index (χ0n) is 11.0. The van der Waals surface area contributed by atoms with E-state index in [9.17, 15) is 8.78 Å². The van der Waals surface area contributed by atoms with Gasteiger partial charge in [0, 0.05) is 13.2 Å². The lowest BCUT2D eigenvalue weighted by Crippen LogP contribution is -2.03. The van der Waals surface area contributed by atoms with Gasteiger partial charge in [-0.1, -0.05) is 11.6 Å². The summed E-state index contributed by atoms with van der Waals surface area (Å²) in [4.78, 5) is 4.36. The summed E-state index contributed by atoms with van der Waals surface area (Å²) in [5.41, 5.74) is 1.09. The highest BCUT2D eigenvalue weighted by Gasteiger charge is 2.14. The Morgan fingerprint density at radius 1 is 1.29 bits per heavy atom. The molecule has 0 aliphatic rings. The molecular weight excluding hydrogens is 300 g/mol. The number of aromatic nitrogens is 3. The predicted molar refractivity (Wildman–Crippen MR) is 74.5 cm³/mol. The molecule has 1 aromatic carbocycles. The highest BCUT2D eigenvalue weighted by atomic mass is 35.5. The van der Waals surface area contributed by atoms with Crippen LogP contribution in [0.1, 0.15) is 5.69 Å². The molecule has 0 aliphatic heterocycles. The second-order valence-electron chi connectivity index (χ2n) is 4.42. The van der Waals surface area contributed by atoms with Crippen LogP contribution >= 0.6 is 11.6 Å². The molecule has 7 heteroatoms. The van der Waals surface area contributed by atoms with Gasteiger partial charge in [0.2, 0.25) is 0 Å². The minimum absolute atomic E-state index is 0.101. The Hall–Kier alpha value is -2.05. The number of benzene rings is 1. The van der Waals surface area contributed by atoms with E-state index in [4.69, 9.17) is 16.3 Å². The normalized spacial score (nSPS) is 11.2. The smallest absolute Gasteiger partial charge is 0.164 e. The van der Waals surface area contributed by atoms with Gasteiger partial charge in [-0.05, 0) is 18.2 Å². The monoisotopic (exact) mass is 309 g/mol. The summed E-state index contributed by atoms with van der Waals surface area (Å²) in [5, 5.41) is 5.11. The van der Waals surface area contributed by atoms with Crippen molar-refractivity contribution in [3.63, 3.8) is 0 Å². The summed E-state index contributed by atoms with van der Waals surface area (Å²) in [6.07, 6.45) is 1.49. The van der Waals surface area contributed by atoms with Crippen molar-refractivity contribution in [3.05, 3.63) is 52.8 Å². The topological polar surface area (TPSA) is 39.9 Å². The fraction of sp³-hybridized carbons (Fsp3) is 0.143. The quantitative estimate of drug-likeness (QED) is 0.743. The van der Waals surface area contributed by atoms with Crippen molar-refractivity contribution in [2.24, 2.45) is 0 Å². The molecule has 3 rings (SSSR count). The van der Waals surface area contributed by atoms with Crippen LogP contribution in [0.15, 0.2) is 30.5 Å². The van der Waals surface area contributed by atoms with E-state index in [-0.39, 0.29) is 12.3 Å². The van der Waals surface area contributed by atoms with Gasteiger partial charge in [-0.15, -0.1) is 0 Å². The zero-order chi connectivity index (χ0) is 15.0. The van der Waals surface area contributed by atoms with Crippen LogP contribution in [0.2, 0.25) is 5.02 Å². The van der Waals surface area contributed by atoms with Gasteiger partial charge in [-0.3, -0.25) is 0 Å². The van der Waals surface area contributed by atoms with E-state index >= 15 is 0 Å². The second-order valence-corrected chi connectivity index (χ2v) is 4.83. The Labute approximate surface area is 123 Å². The van der Waals surface area contributed by atoms with Crippen LogP contribution in [0.5, 0.6) is 0 Å². The Balaban J connectivity index is 2.23. The van der Waals surface area contributed by atoms with Crippen LogP contribution in [-0.2, 0) is 11.3 Å². The van der Waals surface area contributed by atoms with Gasteiger partial charge in [0.25, 0.3) is 0 Å². The van der Waals surface area contributed by atoms with Crippen molar-refractivity contribution < 1.29 is 13.5 Å². The molecule has 0 unspecified atom stereocenters. The Kier molecular flexibility index (Phi) is 3.57. The summed E-state index contributed by atoms with van der Waals surface area (Å²) in [6.45, 7) is 0.271. The minimum atomic E-state index is -0.727. The summed E-state index contributed by atoms with van der Waals surface area (Å²) in [5.74, 6) is -1.38. The molecular formula is C14H10ClF2N3O. The Morgan fingerprint density at radius 2 is 2.10 bits per heavy atom. The molecule has 2 heterocycles. The Morgan fingerprint density at radius 3 is 2.81 bits per heavy atom. The van der Waals surface area contributed by atoms with Crippen LogP contribution in [0.3, 0.4) is 0 Å². The first-order valence-corrected chi connectivity index (χ1v) is 6.45.